The number of nitrogens with one attached hydrogen (secondary N) is 1. The van der Waals surface area contributed by atoms with Gasteiger partial charge in [0, 0.05) is 26.2 Å². The molecule has 1 aromatic carbocycles. The number of ether oxygens (including phenoxy) is 1. The molecule has 0 unspecified atom stereocenters. The van der Waals surface area contributed by atoms with E-state index in [4.69, 9.17) is 9.26 Å². The Labute approximate surface area is 148 Å². The largest absolute Gasteiger partial charge is 0.492 e. The Bertz CT molecular complexity index is 684. The fourth-order valence-corrected chi connectivity index (χ4v) is 2.21. The zero-order valence-corrected chi connectivity index (χ0v) is 15.3. The third-order valence-corrected chi connectivity index (χ3v) is 3.57. The maximum atomic E-state index is 12.2. The van der Waals surface area contributed by atoms with Gasteiger partial charge >= 0.3 is 6.03 Å². The number of likely N-dealkylation sites (N-methyl/N-ethyl adjacent to an activating group) is 1. The molecule has 1 heterocycles. The van der Waals surface area contributed by atoms with Crippen LogP contribution in [0.3, 0.4) is 0 Å². The summed E-state index contributed by atoms with van der Waals surface area (Å²) in [5, 5.41) is 6.78. The molecule has 0 radical (unpaired) electrons. The first kappa shape index (κ1) is 18.8. The summed E-state index contributed by atoms with van der Waals surface area (Å²) in [5.74, 6) is 1.54. The van der Waals surface area contributed by atoms with Gasteiger partial charge in [-0.2, -0.15) is 0 Å². The van der Waals surface area contributed by atoms with E-state index < -0.39 is 0 Å². The number of carbonyl (C=O) groups is 1. The van der Waals surface area contributed by atoms with E-state index in [0.717, 1.165) is 29.3 Å². The van der Waals surface area contributed by atoms with Crippen molar-refractivity contribution < 1.29 is 14.1 Å². The lowest BCUT2D eigenvalue weighted by Crippen LogP contribution is -2.36. The Morgan fingerprint density at radius 2 is 2.08 bits per heavy atom. The first-order valence-corrected chi connectivity index (χ1v) is 8.21. The minimum atomic E-state index is -0.167. The standard InChI is InChI=1S/C18H26N4O3/c1-14-10-16(20-25-14)13-22(4)18(23)19-12-15-6-5-7-17(11-15)24-9-8-21(2)3/h5-7,10-11H,8-9,12-13H2,1-4H3,(H,19,23). The fourth-order valence-electron chi connectivity index (χ4n) is 2.21. The third kappa shape index (κ3) is 6.46. The van der Waals surface area contributed by atoms with Crippen molar-refractivity contribution in [3.8, 4) is 5.75 Å². The summed E-state index contributed by atoms with van der Waals surface area (Å²) in [5.41, 5.74) is 1.72. The molecule has 0 saturated heterocycles. The average Bonchev–Trinajstić information content (AvgIpc) is 2.97. The fraction of sp³-hybridized carbons (Fsp3) is 0.444. The number of nitrogens with zero attached hydrogens (tertiary/aromatic N) is 3. The molecule has 7 nitrogen and oxygen atoms in total. The number of aryl methyl sites for hydroxylation is 1. The lowest BCUT2D eigenvalue weighted by atomic mass is 10.2. The molecule has 0 spiro atoms. The van der Waals surface area contributed by atoms with Crippen LogP contribution in [0.25, 0.3) is 0 Å². The molecule has 2 aromatic rings. The number of benzene rings is 1. The van der Waals surface area contributed by atoms with Crippen LogP contribution in [0.15, 0.2) is 34.9 Å². The van der Waals surface area contributed by atoms with Crippen molar-refractivity contribution in [2.45, 2.75) is 20.0 Å². The SMILES string of the molecule is Cc1cc(CN(C)C(=O)NCc2cccc(OCCN(C)C)c2)no1. The highest BCUT2D eigenvalue weighted by atomic mass is 16.5. The molecular weight excluding hydrogens is 320 g/mol. The number of urea groups is 1. The molecule has 2 amide bonds. The minimum absolute atomic E-state index is 0.167. The van der Waals surface area contributed by atoms with E-state index >= 15 is 0 Å². The Hall–Kier alpha value is -2.54. The van der Waals surface area contributed by atoms with Gasteiger partial charge in [-0.05, 0) is 38.7 Å². The monoisotopic (exact) mass is 346 g/mol. The van der Waals surface area contributed by atoms with Gasteiger partial charge in [0.25, 0.3) is 0 Å². The molecule has 0 saturated carbocycles. The lowest BCUT2D eigenvalue weighted by Gasteiger charge is -2.17. The van der Waals surface area contributed by atoms with Gasteiger partial charge in [0.2, 0.25) is 0 Å². The van der Waals surface area contributed by atoms with Gasteiger partial charge in [-0.3, -0.25) is 0 Å². The van der Waals surface area contributed by atoms with Gasteiger partial charge in [-0.15, -0.1) is 0 Å². The molecule has 25 heavy (non-hydrogen) atoms. The lowest BCUT2D eigenvalue weighted by molar-refractivity contribution is 0.205. The number of aromatic nitrogens is 1. The highest BCUT2D eigenvalue weighted by Crippen LogP contribution is 2.13. The molecule has 0 bridgehead atoms. The van der Waals surface area contributed by atoms with Gasteiger partial charge < -0.3 is 24.4 Å². The van der Waals surface area contributed by atoms with E-state index in [1.807, 2.05) is 51.4 Å². The van der Waals surface area contributed by atoms with Crippen molar-refractivity contribution in [1.29, 1.82) is 0 Å². The quantitative estimate of drug-likeness (QED) is 0.794. The van der Waals surface area contributed by atoms with E-state index in [2.05, 4.69) is 15.4 Å². The van der Waals surface area contributed by atoms with E-state index in [1.54, 1.807) is 11.9 Å². The van der Waals surface area contributed by atoms with Crippen LogP contribution in [0, 0.1) is 6.92 Å². The molecule has 0 atom stereocenters. The number of carbonyl (C=O) groups excluding carboxylic acids is 1. The molecule has 0 aliphatic heterocycles. The number of amides is 2. The van der Waals surface area contributed by atoms with Crippen molar-refractivity contribution in [3.63, 3.8) is 0 Å². The van der Waals surface area contributed by atoms with E-state index in [-0.39, 0.29) is 6.03 Å². The van der Waals surface area contributed by atoms with Crippen molar-refractivity contribution in [3.05, 3.63) is 47.3 Å². The zero-order chi connectivity index (χ0) is 18.2. The molecule has 1 N–H and O–H groups in total. The summed E-state index contributed by atoms with van der Waals surface area (Å²) < 4.78 is 10.7. The Kier molecular flexibility index (Phi) is 6.82. The molecule has 2 rings (SSSR count). The van der Waals surface area contributed by atoms with E-state index in [9.17, 15) is 4.79 Å². The Morgan fingerprint density at radius 3 is 2.76 bits per heavy atom. The highest BCUT2D eigenvalue weighted by molar-refractivity contribution is 5.73. The first-order valence-electron chi connectivity index (χ1n) is 8.21. The molecule has 1 aromatic heterocycles. The van der Waals surface area contributed by atoms with Crippen molar-refractivity contribution in [2.24, 2.45) is 0 Å². The maximum absolute atomic E-state index is 12.2. The smallest absolute Gasteiger partial charge is 0.317 e. The Balaban J connectivity index is 1.80. The number of hydrogen-bond acceptors (Lipinski definition) is 5. The average molecular weight is 346 g/mol. The van der Waals surface area contributed by atoms with Gasteiger partial charge in [-0.25, -0.2) is 4.79 Å². The predicted molar refractivity (Wildman–Crippen MR) is 95.4 cm³/mol. The van der Waals surface area contributed by atoms with Crippen molar-refractivity contribution >= 4 is 6.03 Å². The molecule has 0 aliphatic rings. The molecule has 7 heteroatoms. The molecule has 0 fully saturated rings. The van der Waals surface area contributed by atoms with Crippen LogP contribution in [-0.4, -0.2) is 55.3 Å². The minimum Gasteiger partial charge on any atom is -0.492 e. The molecular formula is C18H26N4O3. The van der Waals surface area contributed by atoms with Gasteiger partial charge in [0.15, 0.2) is 0 Å². The number of rotatable bonds is 8. The van der Waals surface area contributed by atoms with Crippen LogP contribution < -0.4 is 10.1 Å². The normalized spacial score (nSPS) is 10.8. The van der Waals surface area contributed by atoms with Crippen LogP contribution in [0.2, 0.25) is 0 Å². The summed E-state index contributed by atoms with van der Waals surface area (Å²) in [4.78, 5) is 15.8. The highest BCUT2D eigenvalue weighted by Gasteiger charge is 2.11. The van der Waals surface area contributed by atoms with Crippen molar-refractivity contribution in [2.75, 3.05) is 34.3 Å². The van der Waals surface area contributed by atoms with Crippen LogP contribution in [0.1, 0.15) is 17.0 Å². The summed E-state index contributed by atoms with van der Waals surface area (Å²) in [6, 6.07) is 9.39. The topological polar surface area (TPSA) is 70.8 Å². The molecule has 0 aliphatic carbocycles. The Morgan fingerprint density at radius 1 is 1.28 bits per heavy atom. The second-order valence-electron chi connectivity index (χ2n) is 6.24. The second kappa shape index (κ2) is 9.08. The third-order valence-electron chi connectivity index (χ3n) is 3.57. The van der Waals surface area contributed by atoms with Crippen LogP contribution in [0.5, 0.6) is 5.75 Å². The second-order valence-corrected chi connectivity index (χ2v) is 6.24. The summed E-state index contributed by atoms with van der Waals surface area (Å²) >= 11 is 0. The van der Waals surface area contributed by atoms with Gasteiger partial charge in [0.1, 0.15) is 23.8 Å². The summed E-state index contributed by atoms with van der Waals surface area (Å²) in [7, 11) is 5.73. The van der Waals surface area contributed by atoms with E-state index in [1.165, 1.54) is 0 Å². The van der Waals surface area contributed by atoms with Gasteiger partial charge in [0.05, 0.1) is 6.54 Å². The van der Waals surface area contributed by atoms with Crippen LogP contribution >= 0.6 is 0 Å². The van der Waals surface area contributed by atoms with Crippen LogP contribution in [0.4, 0.5) is 4.79 Å². The summed E-state index contributed by atoms with van der Waals surface area (Å²) in [6.07, 6.45) is 0. The van der Waals surface area contributed by atoms with Crippen molar-refractivity contribution in [1.82, 2.24) is 20.3 Å². The molecule has 136 valence electrons. The summed E-state index contributed by atoms with van der Waals surface area (Å²) in [6.45, 7) is 4.14. The van der Waals surface area contributed by atoms with Crippen LogP contribution in [-0.2, 0) is 13.1 Å². The zero-order valence-electron chi connectivity index (χ0n) is 15.3. The number of hydrogen-bond donors (Lipinski definition) is 1. The van der Waals surface area contributed by atoms with Gasteiger partial charge in [-0.1, -0.05) is 17.3 Å². The first-order chi connectivity index (χ1) is 11.9. The maximum Gasteiger partial charge on any atom is 0.317 e. The van der Waals surface area contributed by atoms with E-state index in [0.29, 0.717) is 19.7 Å². The predicted octanol–water partition coefficient (Wildman–Crippen LogP) is 2.27.